The Hall–Kier alpha value is -2.28. The van der Waals surface area contributed by atoms with Gasteiger partial charge in [-0.25, -0.2) is 4.79 Å². The quantitative estimate of drug-likeness (QED) is 0.699. The Morgan fingerprint density at radius 2 is 1.83 bits per heavy atom. The molecule has 7 nitrogen and oxygen atoms in total. The number of aliphatic hydroxyl groups excluding tert-OH is 1. The molecule has 0 radical (unpaired) electrons. The minimum absolute atomic E-state index is 0.0198. The number of hydrogen-bond donors (Lipinski definition) is 3. The first-order valence-corrected chi connectivity index (χ1v) is 7.80. The number of ether oxygens (including phenoxy) is 2. The van der Waals surface area contributed by atoms with Crippen molar-refractivity contribution < 1.29 is 24.2 Å². The summed E-state index contributed by atoms with van der Waals surface area (Å²) in [6.07, 6.45) is -1.53. The number of benzene rings is 1. The Bertz CT molecular complexity index is 528. The van der Waals surface area contributed by atoms with Gasteiger partial charge < -0.3 is 25.2 Å². The van der Waals surface area contributed by atoms with Crippen LogP contribution < -0.4 is 15.4 Å². The molecule has 2 amide bonds. The predicted octanol–water partition coefficient (Wildman–Crippen LogP) is 1.46. The molecular formula is C17H26N2O5. The summed E-state index contributed by atoms with van der Waals surface area (Å²) < 4.78 is 10.5. The Kier molecular flexibility index (Phi) is 7.51. The van der Waals surface area contributed by atoms with Crippen molar-refractivity contribution in [1.29, 1.82) is 0 Å². The topological polar surface area (TPSA) is 96.9 Å². The third-order valence-corrected chi connectivity index (χ3v) is 2.82. The highest BCUT2D eigenvalue weighted by molar-refractivity contribution is 5.85. The lowest BCUT2D eigenvalue weighted by Gasteiger charge is -2.22. The molecule has 1 aromatic rings. The highest BCUT2D eigenvalue weighted by atomic mass is 16.6. The fraction of sp³-hybridized carbons (Fsp3) is 0.529. The van der Waals surface area contributed by atoms with E-state index in [9.17, 15) is 14.7 Å². The summed E-state index contributed by atoms with van der Waals surface area (Å²) in [4.78, 5) is 23.5. The zero-order valence-corrected chi connectivity index (χ0v) is 14.5. The van der Waals surface area contributed by atoms with E-state index in [1.54, 1.807) is 32.9 Å². The summed E-state index contributed by atoms with van der Waals surface area (Å²) in [7, 11) is 0. The van der Waals surface area contributed by atoms with Crippen molar-refractivity contribution in [2.45, 2.75) is 45.4 Å². The Morgan fingerprint density at radius 3 is 2.42 bits per heavy atom. The van der Waals surface area contributed by atoms with Crippen molar-refractivity contribution in [2.75, 3.05) is 13.2 Å². The zero-order chi connectivity index (χ0) is 18.2. The molecule has 0 bridgehead atoms. The number of carbonyl (C=O) groups is 2. The van der Waals surface area contributed by atoms with E-state index in [0.29, 0.717) is 5.75 Å². The number of para-hydroxylation sites is 1. The summed E-state index contributed by atoms with van der Waals surface area (Å²) in [6, 6.07) is 8.29. The molecule has 2 atom stereocenters. The average Bonchev–Trinajstić information content (AvgIpc) is 2.49. The van der Waals surface area contributed by atoms with E-state index in [-0.39, 0.29) is 13.2 Å². The van der Waals surface area contributed by atoms with Gasteiger partial charge in [-0.05, 0) is 39.8 Å². The van der Waals surface area contributed by atoms with Gasteiger partial charge in [0.15, 0.2) is 0 Å². The molecule has 24 heavy (non-hydrogen) atoms. The number of nitrogens with one attached hydrogen (secondary N) is 2. The van der Waals surface area contributed by atoms with Crippen LogP contribution in [-0.2, 0) is 9.53 Å². The minimum Gasteiger partial charge on any atom is -0.491 e. The van der Waals surface area contributed by atoms with Crippen LogP contribution in [0.3, 0.4) is 0 Å². The average molecular weight is 338 g/mol. The summed E-state index contributed by atoms with van der Waals surface area (Å²) >= 11 is 0. The monoisotopic (exact) mass is 338 g/mol. The molecule has 7 heteroatoms. The van der Waals surface area contributed by atoms with Crippen LogP contribution in [0.1, 0.15) is 27.7 Å². The summed E-state index contributed by atoms with van der Waals surface area (Å²) in [6.45, 7) is 6.82. The van der Waals surface area contributed by atoms with Gasteiger partial charge in [0.05, 0.1) is 0 Å². The van der Waals surface area contributed by atoms with Crippen LogP contribution in [0, 0.1) is 0 Å². The van der Waals surface area contributed by atoms with Crippen molar-refractivity contribution in [3.8, 4) is 5.75 Å². The van der Waals surface area contributed by atoms with Crippen LogP contribution in [0.25, 0.3) is 0 Å². The molecule has 0 aliphatic heterocycles. The second-order valence-electron chi connectivity index (χ2n) is 6.39. The van der Waals surface area contributed by atoms with Gasteiger partial charge in [0.2, 0.25) is 5.91 Å². The second-order valence-corrected chi connectivity index (χ2v) is 6.39. The number of aliphatic hydroxyl groups is 1. The molecule has 1 aromatic carbocycles. The van der Waals surface area contributed by atoms with E-state index in [1.165, 1.54) is 6.92 Å². The van der Waals surface area contributed by atoms with Crippen LogP contribution in [0.15, 0.2) is 30.3 Å². The van der Waals surface area contributed by atoms with Crippen LogP contribution in [0.2, 0.25) is 0 Å². The van der Waals surface area contributed by atoms with Gasteiger partial charge in [-0.3, -0.25) is 4.79 Å². The van der Waals surface area contributed by atoms with E-state index in [0.717, 1.165) is 0 Å². The summed E-state index contributed by atoms with van der Waals surface area (Å²) in [5.41, 5.74) is -0.634. The van der Waals surface area contributed by atoms with Crippen LogP contribution in [-0.4, -0.2) is 48.0 Å². The maximum atomic E-state index is 11.9. The maximum absolute atomic E-state index is 11.9. The van der Waals surface area contributed by atoms with Gasteiger partial charge in [-0.2, -0.15) is 0 Å². The Morgan fingerprint density at radius 1 is 1.21 bits per heavy atom. The fourth-order valence-corrected chi connectivity index (χ4v) is 1.69. The third kappa shape index (κ3) is 8.38. The first-order valence-electron chi connectivity index (χ1n) is 7.80. The van der Waals surface area contributed by atoms with E-state index >= 15 is 0 Å². The number of carbonyl (C=O) groups excluding carboxylic acids is 2. The van der Waals surface area contributed by atoms with Gasteiger partial charge >= 0.3 is 6.09 Å². The molecule has 0 saturated carbocycles. The Labute approximate surface area is 142 Å². The SMILES string of the molecule is C[C@@H](NC(=O)OC(C)(C)C)C(=O)NCC(O)COc1ccccc1. The first-order chi connectivity index (χ1) is 11.2. The molecule has 0 aliphatic carbocycles. The van der Waals surface area contributed by atoms with E-state index in [2.05, 4.69) is 10.6 Å². The van der Waals surface area contributed by atoms with Crippen LogP contribution >= 0.6 is 0 Å². The number of amides is 2. The molecule has 1 unspecified atom stereocenters. The molecule has 0 aromatic heterocycles. The van der Waals surface area contributed by atoms with Gasteiger partial charge in [-0.15, -0.1) is 0 Å². The van der Waals surface area contributed by atoms with Crippen molar-refractivity contribution in [1.82, 2.24) is 10.6 Å². The lowest BCUT2D eigenvalue weighted by atomic mass is 10.2. The smallest absolute Gasteiger partial charge is 0.408 e. The predicted molar refractivity (Wildman–Crippen MR) is 89.8 cm³/mol. The maximum Gasteiger partial charge on any atom is 0.408 e. The molecule has 0 saturated heterocycles. The highest BCUT2D eigenvalue weighted by Gasteiger charge is 2.21. The second kappa shape index (κ2) is 9.12. The van der Waals surface area contributed by atoms with Gasteiger partial charge in [0, 0.05) is 6.54 Å². The number of alkyl carbamates (subject to hydrolysis) is 1. The van der Waals surface area contributed by atoms with E-state index in [4.69, 9.17) is 9.47 Å². The van der Waals surface area contributed by atoms with Crippen molar-refractivity contribution in [3.05, 3.63) is 30.3 Å². The zero-order valence-electron chi connectivity index (χ0n) is 14.5. The van der Waals surface area contributed by atoms with Gasteiger partial charge in [0.1, 0.15) is 30.1 Å². The summed E-state index contributed by atoms with van der Waals surface area (Å²) in [5.74, 6) is 0.224. The highest BCUT2D eigenvalue weighted by Crippen LogP contribution is 2.08. The first kappa shape index (κ1) is 19.8. The van der Waals surface area contributed by atoms with Crippen molar-refractivity contribution >= 4 is 12.0 Å². The van der Waals surface area contributed by atoms with Gasteiger partial charge in [-0.1, -0.05) is 18.2 Å². The van der Waals surface area contributed by atoms with Gasteiger partial charge in [0.25, 0.3) is 0 Å². The fourth-order valence-electron chi connectivity index (χ4n) is 1.69. The molecule has 134 valence electrons. The molecule has 3 N–H and O–H groups in total. The minimum atomic E-state index is -0.858. The standard InChI is InChI=1S/C17H26N2O5/c1-12(19-16(22)24-17(2,3)4)15(21)18-10-13(20)11-23-14-8-6-5-7-9-14/h5-9,12-13,20H,10-11H2,1-4H3,(H,18,21)(H,19,22)/t12-,13?/m1/s1. The largest absolute Gasteiger partial charge is 0.491 e. The number of hydrogen-bond acceptors (Lipinski definition) is 5. The molecule has 0 spiro atoms. The molecule has 1 rings (SSSR count). The third-order valence-electron chi connectivity index (χ3n) is 2.82. The normalized spacial score (nSPS) is 13.5. The molecule has 0 aliphatic rings. The van der Waals surface area contributed by atoms with E-state index in [1.807, 2.05) is 18.2 Å². The van der Waals surface area contributed by atoms with Crippen LogP contribution in [0.5, 0.6) is 5.75 Å². The molecule has 0 heterocycles. The molecular weight excluding hydrogens is 312 g/mol. The number of rotatable bonds is 7. The summed E-state index contributed by atoms with van der Waals surface area (Å²) in [5, 5.41) is 14.8. The lowest BCUT2D eigenvalue weighted by molar-refractivity contribution is -0.123. The Balaban J connectivity index is 2.27. The van der Waals surface area contributed by atoms with Crippen molar-refractivity contribution in [2.24, 2.45) is 0 Å². The van der Waals surface area contributed by atoms with Crippen molar-refractivity contribution in [3.63, 3.8) is 0 Å². The van der Waals surface area contributed by atoms with E-state index < -0.39 is 29.7 Å². The van der Waals surface area contributed by atoms with Crippen LogP contribution in [0.4, 0.5) is 4.79 Å². The lowest BCUT2D eigenvalue weighted by Crippen LogP contribution is -2.48. The molecule has 0 fully saturated rings.